The van der Waals surface area contributed by atoms with Crippen molar-refractivity contribution in [2.24, 2.45) is 29.4 Å². The Balaban J connectivity index is 1.36. The molecule has 2 aliphatic heterocycles. The second-order valence-corrected chi connectivity index (χ2v) is 8.90. The van der Waals surface area contributed by atoms with Gasteiger partial charge in [0.05, 0.1) is 5.92 Å². The lowest BCUT2D eigenvalue weighted by Crippen LogP contribution is -2.54. The molecule has 0 aromatic carbocycles. The molecule has 2 saturated heterocycles. The van der Waals surface area contributed by atoms with Gasteiger partial charge in [-0.1, -0.05) is 6.42 Å². The van der Waals surface area contributed by atoms with Crippen molar-refractivity contribution in [1.82, 2.24) is 15.1 Å². The molecule has 2 saturated carbocycles. The first kappa shape index (κ1) is 18.2. The van der Waals surface area contributed by atoms with Gasteiger partial charge in [-0.2, -0.15) is 0 Å². The van der Waals surface area contributed by atoms with Crippen LogP contribution in [0.2, 0.25) is 0 Å². The van der Waals surface area contributed by atoms with E-state index in [9.17, 15) is 9.59 Å². The maximum absolute atomic E-state index is 13.2. The third kappa shape index (κ3) is 3.63. The van der Waals surface area contributed by atoms with Gasteiger partial charge in [0.2, 0.25) is 11.8 Å². The van der Waals surface area contributed by atoms with E-state index in [0.717, 1.165) is 58.4 Å². The zero-order chi connectivity index (χ0) is 18.1. The molecule has 2 bridgehead atoms. The molecule has 3 atom stereocenters. The Morgan fingerprint density at radius 2 is 1.46 bits per heavy atom. The molecule has 0 spiro atoms. The number of carbonyl (C=O) groups is 2. The summed E-state index contributed by atoms with van der Waals surface area (Å²) >= 11 is 0. The van der Waals surface area contributed by atoms with E-state index in [0.29, 0.717) is 30.3 Å². The highest BCUT2D eigenvalue weighted by atomic mass is 16.2. The molecule has 0 radical (unpaired) electrons. The Morgan fingerprint density at radius 1 is 0.808 bits per heavy atom. The van der Waals surface area contributed by atoms with Crippen LogP contribution in [-0.2, 0) is 9.59 Å². The van der Waals surface area contributed by atoms with E-state index in [1.807, 2.05) is 9.80 Å². The number of nitrogens with zero attached hydrogens (tertiary/aromatic N) is 2. The van der Waals surface area contributed by atoms with Gasteiger partial charge < -0.3 is 20.9 Å². The molecule has 4 rings (SSSR count). The number of carbonyl (C=O) groups excluding carboxylic acids is 2. The van der Waals surface area contributed by atoms with E-state index in [4.69, 9.17) is 5.73 Å². The summed E-state index contributed by atoms with van der Waals surface area (Å²) in [5.74, 6) is 1.74. The number of hydrogen-bond acceptors (Lipinski definition) is 4. The van der Waals surface area contributed by atoms with E-state index in [1.54, 1.807) is 0 Å². The Kier molecular flexibility index (Phi) is 5.50. The fourth-order valence-corrected chi connectivity index (χ4v) is 5.77. The van der Waals surface area contributed by atoms with Crippen LogP contribution in [0, 0.1) is 23.7 Å². The first-order valence-electron chi connectivity index (χ1n) is 10.7. The molecular formula is C20H34N4O2. The van der Waals surface area contributed by atoms with Crippen molar-refractivity contribution in [2.75, 3.05) is 39.3 Å². The number of fused-ring (bicyclic) bond motifs is 2. The number of rotatable bonds is 2. The number of piperidine rings is 1. The van der Waals surface area contributed by atoms with Crippen molar-refractivity contribution in [3.05, 3.63) is 0 Å². The minimum atomic E-state index is -0.00357. The van der Waals surface area contributed by atoms with Gasteiger partial charge in [0.1, 0.15) is 0 Å². The van der Waals surface area contributed by atoms with Crippen molar-refractivity contribution in [2.45, 2.75) is 51.0 Å². The highest BCUT2D eigenvalue weighted by Gasteiger charge is 2.42. The number of amides is 2. The van der Waals surface area contributed by atoms with Crippen LogP contribution in [0.4, 0.5) is 0 Å². The molecule has 4 aliphatic rings. The Bertz CT molecular complexity index is 520. The van der Waals surface area contributed by atoms with E-state index in [1.165, 1.54) is 19.3 Å². The van der Waals surface area contributed by atoms with Crippen molar-refractivity contribution in [3.8, 4) is 0 Å². The van der Waals surface area contributed by atoms with Gasteiger partial charge in [0.15, 0.2) is 0 Å². The molecule has 2 heterocycles. The van der Waals surface area contributed by atoms with Gasteiger partial charge in [0, 0.05) is 51.2 Å². The highest BCUT2D eigenvalue weighted by molar-refractivity contribution is 5.82. The van der Waals surface area contributed by atoms with Crippen LogP contribution in [0.15, 0.2) is 0 Å². The molecule has 0 aromatic heterocycles. The van der Waals surface area contributed by atoms with Gasteiger partial charge in [-0.25, -0.2) is 0 Å². The fraction of sp³-hybridized carbons (Fsp3) is 0.900. The van der Waals surface area contributed by atoms with Gasteiger partial charge >= 0.3 is 0 Å². The second kappa shape index (κ2) is 7.85. The van der Waals surface area contributed by atoms with Crippen LogP contribution in [0.1, 0.15) is 44.9 Å². The number of nitrogens with one attached hydrogen (secondary N) is 1. The van der Waals surface area contributed by atoms with Gasteiger partial charge in [-0.15, -0.1) is 0 Å². The predicted molar refractivity (Wildman–Crippen MR) is 100 cm³/mol. The lowest BCUT2D eigenvalue weighted by Gasteiger charge is -2.45. The molecule has 4 fully saturated rings. The number of hydrogen-bond donors (Lipinski definition) is 2. The Hall–Kier alpha value is -1.14. The first-order chi connectivity index (χ1) is 12.6. The van der Waals surface area contributed by atoms with Crippen LogP contribution in [0.5, 0.6) is 0 Å². The SMILES string of the molecule is NC1C2CCCC1CC(C(=O)N1CCCC(C(=O)N3CCNCC3)C1)C2. The van der Waals surface area contributed by atoms with Crippen LogP contribution < -0.4 is 11.1 Å². The smallest absolute Gasteiger partial charge is 0.227 e. The summed E-state index contributed by atoms with van der Waals surface area (Å²) in [6.07, 6.45) is 7.44. The van der Waals surface area contributed by atoms with Crippen molar-refractivity contribution in [1.29, 1.82) is 0 Å². The number of piperazine rings is 1. The van der Waals surface area contributed by atoms with Crippen molar-refractivity contribution >= 4 is 11.8 Å². The average Bonchev–Trinajstić information content (AvgIpc) is 2.67. The van der Waals surface area contributed by atoms with Gasteiger partial charge in [0.25, 0.3) is 0 Å². The summed E-state index contributed by atoms with van der Waals surface area (Å²) in [6, 6.07) is 0.302. The zero-order valence-corrected chi connectivity index (χ0v) is 15.9. The molecule has 3 N–H and O–H groups in total. The quantitative estimate of drug-likeness (QED) is 0.762. The maximum atomic E-state index is 13.2. The van der Waals surface area contributed by atoms with E-state index in [2.05, 4.69) is 5.32 Å². The molecule has 2 amide bonds. The third-order valence-corrected chi connectivity index (χ3v) is 7.27. The van der Waals surface area contributed by atoms with E-state index < -0.39 is 0 Å². The summed E-state index contributed by atoms with van der Waals surface area (Å²) in [6.45, 7) is 4.81. The lowest BCUT2D eigenvalue weighted by molar-refractivity contribution is -0.145. The molecular weight excluding hydrogens is 328 g/mol. The molecule has 26 heavy (non-hydrogen) atoms. The number of nitrogens with two attached hydrogens (primary N) is 1. The first-order valence-corrected chi connectivity index (χ1v) is 10.7. The second-order valence-electron chi connectivity index (χ2n) is 8.90. The molecule has 6 nitrogen and oxygen atoms in total. The molecule has 6 heteroatoms. The average molecular weight is 363 g/mol. The maximum Gasteiger partial charge on any atom is 0.227 e. The largest absolute Gasteiger partial charge is 0.342 e. The monoisotopic (exact) mass is 362 g/mol. The fourth-order valence-electron chi connectivity index (χ4n) is 5.77. The summed E-state index contributed by atoms with van der Waals surface area (Å²) in [4.78, 5) is 30.0. The molecule has 146 valence electrons. The number of likely N-dealkylation sites (tertiary alicyclic amines) is 1. The highest BCUT2D eigenvalue weighted by Crippen LogP contribution is 2.42. The summed E-state index contributed by atoms with van der Waals surface area (Å²) < 4.78 is 0. The normalized spacial score (nSPS) is 38.1. The van der Waals surface area contributed by atoms with Gasteiger partial charge in [-0.3, -0.25) is 9.59 Å². The summed E-state index contributed by atoms with van der Waals surface area (Å²) in [5, 5.41) is 3.30. The third-order valence-electron chi connectivity index (χ3n) is 7.27. The predicted octanol–water partition coefficient (Wildman–Crippen LogP) is 0.810. The van der Waals surface area contributed by atoms with Crippen LogP contribution >= 0.6 is 0 Å². The Morgan fingerprint density at radius 3 is 2.15 bits per heavy atom. The van der Waals surface area contributed by atoms with Crippen LogP contribution in [0.25, 0.3) is 0 Å². The standard InChI is InChI=1S/C20H34N4O2/c21-18-14-3-1-4-15(18)12-17(11-14)20(26)24-8-2-5-16(13-24)19(25)23-9-6-22-7-10-23/h14-18,22H,1-13,21H2. The minimum Gasteiger partial charge on any atom is -0.342 e. The van der Waals surface area contributed by atoms with Crippen LogP contribution in [0.3, 0.4) is 0 Å². The summed E-state index contributed by atoms with van der Waals surface area (Å²) in [5.41, 5.74) is 6.39. The van der Waals surface area contributed by atoms with Gasteiger partial charge in [-0.05, 0) is 50.4 Å². The summed E-state index contributed by atoms with van der Waals surface area (Å²) in [7, 11) is 0. The molecule has 0 aromatic rings. The Labute approximate surface area is 156 Å². The molecule has 3 unspecified atom stereocenters. The zero-order valence-electron chi connectivity index (χ0n) is 15.9. The van der Waals surface area contributed by atoms with E-state index >= 15 is 0 Å². The lowest BCUT2D eigenvalue weighted by atomic mass is 9.65. The topological polar surface area (TPSA) is 78.7 Å². The minimum absolute atomic E-state index is 0.00357. The van der Waals surface area contributed by atoms with Crippen LogP contribution in [-0.4, -0.2) is 66.9 Å². The molecule has 2 aliphatic carbocycles. The van der Waals surface area contributed by atoms with E-state index in [-0.39, 0.29) is 17.7 Å². The van der Waals surface area contributed by atoms with Crippen molar-refractivity contribution in [3.63, 3.8) is 0 Å². The van der Waals surface area contributed by atoms with Crippen molar-refractivity contribution < 1.29 is 9.59 Å².